The average Bonchev–Trinajstić information content (AvgIpc) is 3.15. The minimum atomic E-state index is -0.416. The Kier molecular flexibility index (Phi) is 21.7. The molecule has 34 heavy (non-hydrogen) atoms. The molecule has 0 aromatic rings. The van der Waals surface area contributed by atoms with Crippen LogP contribution in [0.2, 0.25) is 0 Å². The lowest BCUT2D eigenvalue weighted by Crippen LogP contribution is -2.40. The van der Waals surface area contributed by atoms with Crippen LogP contribution in [0.5, 0.6) is 0 Å². The molecule has 0 radical (unpaired) electrons. The van der Waals surface area contributed by atoms with Gasteiger partial charge in [-0.15, -0.1) is 0 Å². The number of rotatable bonds is 25. The summed E-state index contributed by atoms with van der Waals surface area (Å²) in [5.74, 6) is 0. The zero-order valence-electron chi connectivity index (χ0n) is 22.9. The van der Waals surface area contributed by atoms with E-state index in [0.29, 0.717) is 33.0 Å². The standard InChI is InChI=1S/C28H56O6/c1-5-7-8-9-10-11-12-13-14-15-16-17-18-19-20-21-33-28-27(32-23-22-29-3)26(31-6-2)25(34-28)24-30-4/h25-28H,5-24H2,1-4H3/t25-,26-,27-,28-/m1/s1. The highest BCUT2D eigenvalue weighted by Gasteiger charge is 2.46. The molecule has 1 aliphatic rings. The Hall–Kier alpha value is -0.240. The molecule has 1 fully saturated rings. The fourth-order valence-corrected chi connectivity index (χ4v) is 4.63. The van der Waals surface area contributed by atoms with Crippen molar-refractivity contribution in [3.8, 4) is 0 Å². The Bertz CT molecular complexity index is 422. The number of ether oxygens (including phenoxy) is 6. The fourth-order valence-electron chi connectivity index (χ4n) is 4.63. The highest BCUT2D eigenvalue weighted by Crippen LogP contribution is 2.28. The van der Waals surface area contributed by atoms with Gasteiger partial charge in [-0.3, -0.25) is 0 Å². The van der Waals surface area contributed by atoms with Crippen LogP contribution in [-0.4, -0.2) is 71.9 Å². The topological polar surface area (TPSA) is 55.4 Å². The average molecular weight is 489 g/mol. The van der Waals surface area contributed by atoms with Gasteiger partial charge < -0.3 is 28.4 Å². The van der Waals surface area contributed by atoms with Gasteiger partial charge in [0.1, 0.15) is 18.3 Å². The van der Waals surface area contributed by atoms with Crippen LogP contribution >= 0.6 is 0 Å². The van der Waals surface area contributed by atoms with E-state index in [1.807, 2.05) is 6.92 Å². The molecular weight excluding hydrogens is 432 g/mol. The van der Waals surface area contributed by atoms with E-state index in [4.69, 9.17) is 28.4 Å². The van der Waals surface area contributed by atoms with Gasteiger partial charge in [-0.25, -0.2) is 0 Å². The summed E-state index contributed by atoms with van der Waals surface area (Å²) in [6.07, 6.45) is 19.4. The SMILES string of the molecule is CCCCCCCCCCCCCCCCCO[C@@H]1O[C@H](COC)[C@@H](OCC)[C@H]1OCCOC. The van der Waals surface area contributed by atoms with Crippen LogP contribution in [0.1, 0.15) is 110 Å². The second kappa shape index (κ2) is 23.2. The van der Waals surface area contributed by atoms with Crippen LogP contribution in [0.25, 0.3) is 0 Å². The molecule has 0 aromatic carbocycles. The van der Waals surface area contributed by atoms with E-state index in [0.717, 1.165) is 6.42 Å². The quantitative estimate of drug-likeness (QED) is 0.134. The molecule has 0 spiro atoms. The van der Waals surface area contributed by atoms with E-state index in [9.17, 15) is 0 Å². The van der Waals surface area contributed by atoms with E-state index in [1.54, 1.807) is 14.2 Å². The van der Waals surface area contributed by atoms with Gasteiger partial charge in [-0.1, -0.05) is 96.8 Å². The molecule has 1 rings (SSSR count). The van der Waals surface area contributed by atoms with Crippen molar-refractivity contribution in [1.29, 1.82) is 0 Å². The van der Waals surface area contributed by atoms with E-state index < -0.39 is 6.29 Å². The zero-order valence-corrected chi connectivity index (χ0v) is 22.9. The first-order valence-corrected chi connectivity index (χ1v) is 14.3. The van der Waals surface area contributed by atoms with E-state index >= 15 is 0 Å². The summed E-state index contributed by atoms with van der Waals surface area (Å²) in [7, 11) is 3.35. The van der Waals surface area contributed by atoms with Crippen molar-refractivity contribution in [2.75, 3.05) is 47.3 Å². The van der Waals surface area contributed by atoms with Crippen molar-refractivity contribution in [3.05, 3.63) is 0 Å². The van der Waals surface area contributed by atoms with Crippen molar-refractivity contribution in [2.45, 2.75) is 135 Å². The van der Waals surface area contributed by atoms with E-state index in [1.165, 1.54) is 89.9 Å². The molecule has 0 amide bonds. The van der Waals surface area contributed by atoms with Crippen molar-refractivity contribution in [1.82, 2.24) is 0 Å². The second-order valence-corrected chi connectivity index (χ2v) is 9.57. The van der Waals surface area contributed by atoms with Gasteiger partial charge in [0, 0.05) is 27.4 Å². The van der Waals surface area contributed by atoms with Gasteiger partial charge in [-0.2, -0.15) is 0 Å². The maximum absolute atomic E-state index is 6.10. The van der Waals surface area contributed by atoms with Crippen LogP contribution in [0, 0.1) is 0 Å². The van der Waals surface area contributed by atoms with Crippen molar-refractivity contribution >= 4 is 0 Å². The molecule has 0 aromatic heterocycles. The number of unbranched alkanes of at least 4 members (excludes halogenated alkanes) is 14. The molecular formula is C28H56O6. The smallest absolute Gasteiger partial charge is 0.186 e. The van der Waals surface area contributed by atoms with Crippen LogP contribution < -0.4 is 0 Å². The molecule has 0 unspecified atom stereocenters. The Morgan fingerprint density at radius 2 is 1.09 bits per heavy atom. The third-order valence-corrected chi connectivity index (χ3v) is 6.59. The van der Waals surface area contributed by atoms with E-state index in [-0.39, 0.29) is 18.3 Å². The molecule has 1 aliphatic heterocycles. The summed E-state index contributed by atoms with van der Waals surface area (Å²) in [5.41, 5.74) is 0. The fraction of sp³-hybridized carbons (Fsp3) is 1.00. The molecule has 6 heteroatoms. The molecule has 204 valence electrons. The monoisotopic (exact) mass is 488 g/mol. The van der Waals surface area contributed by atoms with Crippen molar-refractivity contribution < 1.29 is 28.4 Å². The van der Waals surface area contributed by atoms with Gasteiger partial charge in [0.25, 0.3) is 0 Å². The summed E-state index contributed by atoms with van der Waals surface area (Å²) in [5, 5.41) is 0. The number of methoxy groups -OCH3 is 2. The summed E-state index contributed by atoms with van der Waals surface area (Å²) in [6, 6.07) is 0. The van der Waals surface area contributed by atoms with Gasteiger partial charge in [0.05, 0.1) is 19.8 Å². The largest absolute Gasteiger partial charge is 0.382 e. The highest BCUT2D eigenvalue weighted by molar-refractivity contribution is 4.89. The normalized spacial score (nSPS) is 22.6. The minimum absolute atomic E-state index is 0.177. The molecule has 0 bridgehead atoms. The Labute approximate surface area is 210 Å². The Balaban J connectivity index is 2.08. The van der Waals surface area contributed by atoms with Crippen LogP contribution in [0.15, 0.2) is 0 Å². The van der Waals surface area contributed by atoms with Crippen LogP contribution in [0.4, 0.5) is 0 Å². The Morgan fingerprint density at radius 1 is 0.529 bits per heavy atom. The first kappa shape index (κ1) is 31.8. The lowest BCUT2D eigenvalue weighted by atomic mass is 10.0. The first-order valence-electron chi connectivity index (χ1n) is 14.3. The summed E-state index contributed by atoms with van der Waals surface area (Å²) in [6.45, 7) is 7.05. The van der Waals surface area contributed by atoms with Crippen LogP contribution in [0.3, 0.4) is 0 Å². The molecule has 0 aliphatic carbocycles. The maximum Gasteiger partial charge on any atom is 0.186 e. The lowest BCUT2D eigenvalue weighted by Gasteiger charge is -2.24. The molecule has 0 N–H and O–H groups in total. The number of hydrogen-bond donors (Lipinski definition) is 0. The molecule has 1 heterocycles. The molecule has 1 saturated heterocycles. The second-order valence-electron chi connectivity index (χ2n) is 9.57. The first-order chi connectivity index (χ1) is 16.8. The summed E-state index contributed by atoms with van der Waals surface area (Å²) in [4.78, 5) is 0. The molecule has 6 nitrogen and oxygen atoms in total. The Morgan fingerprint density at radius 3 is 1.59 bits per heavy atom. The van der Waals surface area contributed by atoms with Gasteiger partial charge in [-0.05, 0) is 13.3 Å². The van der Waals surface area contributed by atoms with Crippen LogP contribution in [-0.2, 0) is 28.4 Å². The molecule has 0 saturated carbocycles. The summed E-state index contributed by atoms with van der Waals surface area (Å²) < 4.78 is 34.6. The minimum Gasteiger partial charge on any atom is -0.382 e. The number of hydrogen-bond acceptors (Lipinski definition) is 6. The van der Waals surface area contributed by atoms with Gasteiger partial charge in [0.2, 0.25) is 0 Å². The predicted octanol–water partition coefficient (Wildman–Crippen LogP) is 6.68. The lowest BCUT2D eigenvalue weighted by molar-refractivity contribution is -0.183. The maximum atomic E-state index is 6.10. The molecule has 4 atom stereocenters. The third-order valence-electron chi connectivity index (χ3n) is 6.59. The van der Waals surface area contributed by atoms with E-state index in [2.05, 4.69) is 6.92 Å². The zero-order chi connectivity index (χ0) is 24.7. The van der Waals surface area contributed by atoms with Gasteiger partial charge in [0.15, 0.2) is 6.29 Å². The summed E-state index contributed by atoms with van der Waals surface area (Å²) >= 11 is 0. The van der Waals surface area contributed by atoms with Gasteiger partial charge >= 0.3 is 0 Å². The predicted molar refractivity (Wildman–Crippen MR) is 138 cm³/mol. The third kappa shape index (κ3) is 15.0. The van der Waals surface area contributed by atoms with Crippen molar-refractivity contribution in [3.63, 3.8) is 0 Å². The van der Waals surface area contributed by atoms with Crippen molar-refractivity contribution in [2.24, 2.45) is 0 Å². The highest BCUT2D eigenvalue weighted by atomic mass is 16.7.